The number of nitrogens with zero attached hydrogens (tertiary/aromatic N) is 2. The highest BCUT2D eigenvalue weighted by atomic mass is 32.2. The van der Waals surface area contributed by atoms with Gasteiger partial charge >= 0.3 is 5.97 Å². The van der Waals surface area contributed by atoms with Crippen molar-refractivity contribution < 1.29 is 9.53 Å². The van der Waals surface area contributed by atoms with Crippen LogP contribution in [0.25, 0.3) is 0 Å². The van der Waals surface area contributed by atoms with E-state index in [9.17, 15) is 4.79 Å². The number of anilines is 2. The molecule has 24 heavy (non-hydrogen) atoms. The Labute approximate surface area is 147 Å². The average molecular weight is 345 g/mol. The first kappa shape index (κ1) is 18.3. The van der Waals surface area contributed by atoms with Gasteiger partial charge in [-0.05, 0) is 52.5 Å². The van der Waals surface area contributed by atoms with Crippen LogP contribution in [0.2, 0.25) is 0 Å². The maximum atomic E-state index is 12.2. The van der Waals surface area contributed by atoms with Crippen LogP contribution in [0.15, 0.2) is 29.3 Å². The second-order valence-electron chi connectivity index (χ2n) is 6.46. The molecule has 5 nitrogen and oxygen atoms in total. The fraction of sp³-hybridized carbons (Fsp3) is 0.389. The van der Waals surface area contributed by atoms with E-state index in [0.29, 0.717) is 10.7 Å². The van der Waals surface area contributed by atoms with Crippen molar-refractivity contribution in [3.05, 3.63) is 41.3 Å². The molecule has 0 fully saturated rings. The fourth-order valence-electron chi connectivity index (χ4n) is 2.10. The highest BCUT2D eigenvalue weighted by Crippen LogP contribution is 2.30. The highest BCUT2D eigenvalue weighted by Gasteiger charge is 2.22. The van der Waals surface area contributed by atoms with Crippen LogP contribution in [0, 0.1) is 13.8 Å². The van der Waals surface area contributed by atoms with Gasteiger partial charge in [-0.1, -0.05) is 18.2 Å². The van der Waals surface area contributed by atoms with Gasteiger partial charge in [-0.25, -0.2) is 14.8 Å². The zero-order valence-electron chi connectivity index (χ0n) is 14.9. The van der Waals surface area contributed by atoms with Crippen LogP contribution in [0.4, 0.5) is 11.4 Å². The smallest absolute Gasteiger partial charge is 0.376 e. The lowest BCUT2D eigenvalue weighted by molar-refractivity contribution is 0.00544. The van der Waals surface area contributed by atoms with Crippen molar-refractivity contribution in [3.8, 4) is 0 Å². The van der Waals surface area contributed by atoms with Gasteiger partial charge in [0, 0.05) is 5.69 Å². The topological polar surface area (TPSA) is 64.1 Å². The third kappa shape index (κ3) is 4.47. The Hall–Kier alpha value is -2.08. The quantitative estimate of drug-likeness (QED) is 0.499. The van der Waals surface area contributed by atoms with Crippen molar-refractivity contribution in [1.82, 2.24) is 9.97 Å². The SMILES string of the molecule is CSc1nc(C(=O)OC(C)(C)C)nc(C)c1Nc1ccccc1C. The minimum atomic E-state index is -0.577. The number of ether oxygens (including phenoxy) is 1. The monoisotopic (exact) mass is 345 g/mol. The van der Waals surface area contributed by atoms with Crippen molar-refractivity contribution in [2.24, 2.45) is 0 Å². The van der Waals surface area contributed by atoms with Gasteiger partial charge in [0.15, 0.2) is 0 Å². The second kappa shape index (κ2) is 7.21. The first-order valence-corrected chi connectivity index (χ1v) is 8.92. The Kier molecular flexibility index (Phi) is 5.49. The molecule has 1 heterocycles. The summed E-state index contributed by atoms with van der Waals surface area (Å²) in [5.41, 5.74) is 3.05. The zero-order valence-corrected chi connectivity index (χ0v) is 15.7. The van der Waals surface area contributed by atoms with E-state index in [1.807, 2.05) is 65.1 Å². The lowest BCUT2D eigenvalue weighted by atomic mass is 10.2. The number of aromatic nitrogens is 2. The summed E-state index contributed by atoms with van der Waals surface area (Å²) in [4.78, 5) is 20.9. The number of benzene rings is 1. The van der Waals surface area contributed by atoms with Crippen molar-refractivity contribution in [2.45, 2.75) is 45.2 Å². The Bertz CT molecular complexity index is 754. The minimum absolute atomic E-state index is 0.0853. The van der Waals surface area contributed by atoms with Gasteiger partial charge in [0.2, 0.25) is 5.82 Å². The molecular formula is C18H23N3O2S. The van der Waals surface area contributed by atoms with Crippen LogP contribution in [-0.2, 0) is 4.74 Å². The molecular weight excluding hydrogens is 322 g/mol. The molecule has 0 bridgehead atoms. The normalized spacial score (nSPS) is 11.2. The van der Waals surface area contributed by atoms with Crippen molar-refractivity contribution in [2.75, 3.05) is 11.6 Å². The second-order valence-corrected chi connectivity index (χ2v) is 7.25. The lowest BCUT2D eigenvalue weighted by Gasteiger charge is -2.20. The lowest BCUT2D eigenvalue weighted by Crippen LogP contribution is -2.25. The fourth-order valence-corrected chi connectivity index (χ4v) is 2.68. The number of para-hydroxylation sites is 1. The summed E-state index contributed by atoms with van der Waals surface area (Å²) in [5, 5.41) is 4.09. The van der Waals surface area contributed by atoms with Gasteiger partial charge in [0.1, 0.15) is 10.6 Å². The minimum Gasteiger partial charge on any atom is -0.454 e. The van der Waals surface area contributed by atoms with E-state index in [4.69, 9.17) is 4.74 Å². The maximum absolute atomic E-state index is 12.2. The molecule has 0 spiro atoms. The predicted molar refractivity (Wildman–Crippen MR) is 98.2 cm³/mol. The number of thioether (sulfide) groups is 1. The third-order valence-corrected chi connectivity index (χ3v) is 3.92. The number of rotatable bonds is 4. The van der Waals surface area contributed by atoms with E-state index < -0.39 is 11.6 Å². The number of hydrogen-bond donors (Lipinski definition) is 1. The van der Waals surface area contributed by atoms with Gasteiger partial charge in [-0.15, -0.1) is 11.8 Å². The van der Waals surface area contributed by atoms with Gasteiger partial charge in [0.05, 0.1) is 11.4 Å². The number of aryl methyl sites for hydroxylation is 2. The van der Waals surface area contributed by atoms with Crippen LogP contribution >= 0.6 is 11.8 Å². The number of nitrogens with one attached hydrogen (secondary N) is 1. The van der Waals surface area contributed by atoms with E-state index in [1.165, 1.54) is 11.8 Å². The average Bonchev–Trinajstić information content (AvgIpc) is 2.49. The molecule has 0 saturated heterocycles. The van der Waals surface area contributed by atoms with Crippen molar-refractivity contribution in [3.63, 3.8) is 0 Å². The first-order valence-electron chi connectivity index (χ1n) is 7.70. The molecule has 0 atom stereocenters. The molecule has 1 aromatic carbocycles. The van der Waals surface area contributed by atoms with Crippen LogP contribution in [0.1, 0.15) is 42.6 Å². The summed E-state index contributed by atoms with van der Waals surface area (Å²) in [6, 6.07) is 8.00. The summed E-state index contributed by atoms with van der Waals surface area (Å²) in [7, 11) is 0. The van der Waals surface area contributed by atoms with E-state index in [-0.39, 0.29) is 5.82 Å². The van der Waals surface area contributed by atoms with Crippen LogP contribution in [0.3, 0.4) is 0 Å². The molecule has 0 saturated carbocycles. The van der Waals surface area contributed by atoms with Gasteiger partial charge in [0.25, 0.3) is 0 Å². The molecule has 0 aliphatic carbocycles. The molecule has 0 aliphatic rings. The number of carbonyl (C=O) groups is 1. The van der Waals surface area contributed by atoms with E-state index >= 15 is 0 Å². The molecule has 0 amide bonds. The molecule has 1 aromatic heterocycles. The van der Waals surface area contributed by atoms with Crippen LogP contribution in [0.5, 0.6) is 0 Å². The first-order chi connectivity index (χ1) is 11.2. The van der Waals surface area contributed by atoms with E-state index in [2.05, 4.69) is 15.3 Å². The Morgan fingerprint density at radius 1 is 1.17 bits per heavy atom. The Balaban J connectivity index is 2.37. The summed E-state index contributed by atoms with van der Waals surface area (Å²) in [6.45, 7) is 9.35. The molecule has 6 heteroatoms. The molecule has 0 aliphatic heterocycles. The summed E-state index contributed by atoms with van der Waals surface area (Å²) in [5.74, 6) is -0.426. The molecule has 1 N–H and O–H groups in total. The molecule has 0 radical (unpaired) electrons. The predicted octanol–water partition coefficient (Wildman–Crippen LogP) is 4.51. The zero-order chi connectivity index (χ0) is 17.9. The summed E-state index contributed by atoms with van der Waals surface area (Å²) >= 11 is 1.46. The Morgan fingerprint density at radius 2 is 1.83 bits per heavy atom. The van der Waals surface area contributed by atoms with E-state index in [1.54, 1.807) is 0 Å². The summed E-state index contributed by atoms with van der Waals surface area (Å²) in [6.07, 6.45) is 1.92. The molecule has 0 unspecified atom stereocenters. The highest BCUT2D eigenvalue weighted by molar-refractivity contribution is 7.98. The van der Waals surface area contributed by atoms with Gasteiger partial charge in [-0.3, -0.25) is 0 Å². The molecule has 2 rings (SSSR count). The number of carbonyl (C=O) groups excluding carboxylic acids is 1. The molecule has 2 aromatic rings. The largest absolute Gasteiger partial charge is 0.454 e. The third-order valence-electron chi connectivity index (χ3n) is 3.24. The van der Waals surface area contributed by atoms with Crippen LogP contribution in [-0.4, -0.2) is 27.8 Å². The van der Waals surface area contributed by atoms with Crippen molar-refractivity contribution >= 4 is 29.1 Å². The van der Waals surface area contributed by atoms with Crippen LogP contribution < -0.4 is 5.32 Å². The Morgan fingerprint density at radius 3 is 2.42 bits per heavy atom. The molecule has 128 valence electrons. The maximum Gasteiger partial charge on any atom is 0.376 e. The summed E-state index contributed by atoms with van der Waals surface area (Å²) < 4.78 is 5.36. The number of esters is 1. The standard InChI is InChI=1S/C18H23N3O2S/c1-11-9-7-8-10-13(11)20-14-12(2)19-15(21-16(14)24-6)17(22)23-18(3,4)5/h7-10,20H,1-6H3. The number of hydrogen-bond acceptors (Lipinski definition) is 6. The van der Waals surface area contributed by atoms with Gasteiger partial charge < -0.3 is 10.1 Å². The van der Waals surface area contributed by atoms with Crippen molar-refractivity contribution in [1.29, 1.82) is 0 Å². The van der Waals surface area contributed by atoms with E-state index in [0.717, 1.165) is 16.9 Å². The van der Waals surface area contributed by atoms with Gasteiger partial charge in [-0.2, -0.15) is 0 Å².